The zero-order chi connectivity index (χ0) is 13.7. The van der Waals surface area contributed by atoms with Gasteiger partial charge in [0.15, 0.2) is 0 Å². The minimum Gasteiger partial charge on any atom is -0.337 e. The highest BCUT2D eigenvalue weighted by molar-refractivity contribution is 5.93. The fourth-order valence-electron chi connectivity index (χ4n) is 1.94. The highest BCUT2D eigenvalue weighted by Gasteiger charge is 2.11. The van der Waals surface area contributed by atoms with E-state index in [0.29, 0.717) is 12.1 Å². The van der Waals surface area contributed by atoms with Crippen LogP contribution in [0, 0.1) is 0 Å². The number of amides is 1. The number of rotatable bonds is 4. The molecule has 0 aliphatic rings. The minimum absolute atomic E-state index is 0.0157. The number of hydrogen-bond acceptors (Lipinski definition) is 2. The number of carbonyl (C=O) groups is 1. The summed E-state index contributed by atoms with van der Waals surface area (Å²) in [5.41, 5.74) is 3.12. The Hall–Kier alpha value is -2.16. The lowest BCUT2D eigenvalue weighted by Gasteiger charge is -2.17. The van der Waals surface area contributed by atoms with Gasteiger partial charge in [0.25, 0.3) is 5.91 Å². The first-order valence-electron chi connectivity index (χ1n) is 6.44. The van der Waals surface area contributed by atoms with Gasteiger partial charge in [0.2, 0.25) is 0 Å². The molecule has 1 amide bonds. The average molecular weight is 254 g/mol. The third-order valence-electron chi connectivity index (χ3n) is 3.12. The number of hydrogen-bond donors (Lipinski definition) is 0. The molecule has 1 aromatic carbocycles. The molecular weight excluding hydrogens is 236 g/mol. The molecule has 0 N–H and O–H groups in total. The van der Waals surface area contributed by atoms with Crippen molar-refractivity contribution in [2.75, 3.05) is 7.05 Å². The Morgan fingerprint density at radius 3 is 2.21 bits per heavy atom. The van der Waals surface area contributed by atoms with Crippen LogP contribution in [0.5, 0.6) is 0 Å². The van der Waals surface area contributed by atoms with Gasteiger partial charge >= 0.3 is 0 Å². The van der Waals surface area contributed by atoms with Crippen molar-refractivity contribution in [3.05, 3.63) is 65.5 Å². The number of benzene rings is 1. The van der Waals surface area contributed by atoms with Gasteiger partial charge in [-0.3, -0.25) is 9.78 Å². The van der Waals surface area contributed by atoms with Crippen LogP contribution in [-0.4, -0.2) is 22.8 Å². The largest absolute Gasteiger partial charge is 0.337 e. The zero-order valence-corrected chi connectivity index (χ0v) is 11.3. The number of carbonyl (C=O) groups excluding carboxylic acids is 1. The van der Waals surface area contributed by atoms with Crippen LogP contribution in [0.25, 0.3) is 0 Å². The predicted octanol–water partition coefficient (Wildman–Crippen LogP) is 2.92. The van der Waals surface area contributed by atoms with E-state index in [2.05, 4.69) is 36.2 Å². The van der Waals surface area contributed by atoms with E-state index in [1.165, 1.54) is 5.56 Å². The van der Waals surface area contributed by atoms with Gasteiger partial charge in [-0.25, -0.2) is 0 Å². The van der Waals surface area contributed by atoms with Crippen molar-refractivity contribution >= 4 is 5.91 Å². The van der Waals surface area contributed by atoms with Crippen LogP contribution in [-0.2, 0) is 13.0 Å². The minimum atomic E-state index is 0.0157. The van der Waals surface area contributed by atoms with E-state index in [0.717, 1.165) is 12.0 Å². The Morgan fingerprint density at radius 2 is 1.63 bits per heavy atom. The molecule has 0 radical (unpaired) electrons. The summed E-state index contributed by atoms with van der Waals surface area (Å²) in [7, 11) is 1.82. The van der Waals surface area contributed by atoms with E-state index in [1.54, 1.807) is 29.4 Å². The van der Waals surface area contributed by atoms with Gasteiger partial charge in [0.05, 0.1) is 0 Å². The number of nitrogens with zero attached hydrogens (tertiary/aromatic N) is 2. The topological polar surface area (TPSA) is 33.2 Å². The number of aromatic nitrogens is 1. The van der Waals surface area contributed by atoms with Crippen molar-refractivity contribution in [1.29, 1.82) is 0 Å². The molecule has 0 aliphatic carbocycles. The summed E-state index contributed by atoms with van der Waals surface area (Å²) < 4.78 is 0. The molecule has 2 rings (SSSR count). The predicted molar refractivity (Wildman–Crippen MR) is 75.9 cm³/mol. The van der Waals surface area contributed by atoms with Crippen molar-refractivity contribution < 1.29 is 4.79 Å². The van der Waals surface area contributed by atoms with Gasteiger partial charge in [0, 0.05) is 31.5 Å². The first-order valence-corrected chi connectivity index (χ1v) is 6.44. The second-order valence-corrected chi connectivity index (χ2v) is 4.57. The van der Waals surface area contributed by atoms with Gasteiger partial charge in [-0.05, 0) is 29.7 Å². The van der Waals surface area contributed by atoms with E-state index < -0.39 is 0 Å². The molecule has 1 heterocycles. The molecule has 0 saturated heterocycles. The lowest BCUT2D eigenvalue weighted by molar-refractivity contribution is 0.0785. The van der Waals surface area contributed by atoms with Crippen LogP contribution in [0.15, 0.2) is 48.8 Å². The van der Waals surface area contributed by atoms with Gasteiger partial charge < -0.3 is 4.90 Å². The summed E-state index contributed by atoms with van der Waals surface area (Å²) in [6, 6.07) is 11.8. The highest BCUT2D eigenvalue weighted by atomic mass is 16.2. The van der Waals surface area contributed by atoms with Gasteiger partial charge in [-0.15, -0.1) is 0 Å². The first kappa shape index (κ1) is 13.3. The fourth-order valence-corrected chi connectivity index (χ4v) is 1.94. The summed E-state index contributed by atoms with van der Waals surface area (Å²) in [6.07, 6.45) is 4.31. The standard InChI is InChI=1S/C16H18N2O/c1-3-13-4-6-14(7-5-13)12-18(2)16(19)15-8-10-17-11-9-15/h4-11H,3,12H2,1-2H3. The van der Waals surface area contributed by atoms with E-state index in [-0.39, 0.29) is 5.91 Å². The second kappa shape index (κ2) is 6.14. The maximum absolute atomic E-state index is 12.2. The quantitative estimate of drug-likeness (QED) is 0.840. The maximum atomic E-state index is 12.2. The van der Waals surface area contributed by atoms with Crippen LogP contribution < -0.4 is 0 Å². The highest BCUT2D eigenvalue weighted by Crippen LogP contribution is 2.09. The van der Waals surface area contributed by atoms with E-state index in [9.17, 15) is 4.79 Å². The maximum Gasteiger partial charge on any atom is 0.254 e. The smallest absolute Gasteiger partial charge is 0.254 e. The second-order valence-electron chi connectivity index (χ2n) is 4.57. The Labute approximate surface area is 113 Å². The van der Waals surface area contributed by atoms with E-state index in [4.69, 9.17) is 0 Å². The summed E-state index contributed by atoms with van der Waals surface area (Å²) in [6.45, 7) is 2.75. The summed E-state index contributed by atoms with van der Waals surface area (Å²) in [5.74, 6) is 0.0157. The molecule has 98 valence electrons. The third kappa shape index (κ3) is 3.41. The molecule has 2 aromatic rings. The Morgan fingerprint density at radius 1 is 1.05 bits per heavy atom. The molecule has 0 fully saturated rings. The fraction of sp³-hybridized carbons (Fsp3) is 0.250. The molecule has 3 nitrogen and oxygen atoms in total. The lowest BCUT2D eigenvalue weighted by atomic mass is 10.1. The molecule has 0 spiro atoms. The van der Waals surface area contributed by atoms with Crippen molar-refractivity contribution in [2.45, 2.75) is 19.9 Å². The molecule has 1 aromatic heterocycles. The van der Waals surface area contributed by atoms with Gasteiger partial charge in [-0.1, -0.05) is 31.2 Å². The SMILES string of the molecule is CCc1ccc(CN(C)C(=O)c2ccncc2)cc1. The summed E-state index contributed by atoms with van der Waals surface area (Å²) >= 11 is 0. The van der Waals surface area contributed by atoms with E-state index in [1.807, 2.05) is 7.05 Å². The van der Waals surface area contributed by atoms with Crippen LogP contribution >= 0.6 is 0 Å². The Balaban J connectivity index is 2.04. The summed E-state index contributed by atoms with van der Waals surface area (Å²) in [5, 5.41) is 0. The number of pyridine rings is 1. The summed E-state index contributed by atoms with van der Waals surface area (Å²) in [4.78, 5) is 17.8. The number of aryl methyl sites for hydroxylation is 1. The molecule has 0 unspecified atom stereocenters. The van der Waals surface area contributed by atoms with Crippen molar-refractivity contribution in [3.8, 4) is 0 Å². The Bertz CT molecular complexity index is 534. The van der Waals surface area contributed by atoms with Gasteiger partial charge in [0.1, 0.15) is 0 Å². The van der Waals surface area contributed by atoms with Crippen LogP contribution in [0.2, 0.25) is 0 Å². The molecule has 0 saturated carbocycles. The van der Waals surface area contributed by atoms with Gasteiger partial charge in [-0.2, -0.15) is 0 Å². The zero-order valence-electron chi connectivity index (χ0n) is 11.3. The normalized spacial score (nSPS) is 10.2. The average Bonchev–Trinajstić information content (AvgIpc) is 2.48. The monoisotopic (exact) mass is 254 g/mol. The van der Waals surface area contributed by atoms with Crippen molar-refractivity contribution in [1.82, 2.24) is 9.88 Å². The molecule has 0 bridgehead atoms. The third-order valence-corrected chi connectivity index (χ3v) is 3.12. The van der Waals surface area contributed by atoms with E-state index >= 15 is 0 Å². The molecule has 0 atom stereocenters. The Kier molecular flexibility index (Phi) is 4.29. The lowest BCUT2D eigenvalue weighted by Crippen LogP contribution is -2.26. The molecule has 19 heavy (non-hydrogen) atoms. The molecule has 0 aliphatic heterocycles. The molecular formula is C16H18N2O. The van der Waals surface area contributed by atoms with Crippen LogP contribution in [0.3, 0.4) is 0 Å². The van der Waals surface area contributed by atoms with Crippen molar-refractivity contribution in [3.63, 3.8) is 0 Å². The van der Waals surface area contributed by atoms with Crippen LogP contribution in [0.4, 0.5) is 0 Å². The first-order chi connectivity index (χ1) is 9.20. The molecule has 3 heteroatoms. The van der Waals surface area contributed by atoms with Crippen LogP contribution in [0.1, 0.15) is 28.4 Å². The van der Waals surface area contributed by atoms with Crippen molar-refractivity contribution in [2.24, 2.45) is 0 Å².